The van der Waals surface area contributed by atoms with Gasteiger partial charge in [0.2, 0.25) is 0 Å². The predicted octanol–water partition coefficient (Wildman–Crippen LogP) is 3.82. The number of amides is 2. The van der Waals surface area contributed by atoms with E-state index in [1.807, 2.05) is 27.7 Å². The normalized spacial score (nSPS) is 17.4. The average molecular weight is 376 g/mol. The molecule has 1 aromatic carbocycles. The van der Waals surface area contributed by atoms with Gasteiger partial charge in [-0.25, -0.2) is 4.39 Å². The summed E-state index contributed by atoms with van der Waals surface area (Å²) in [7, 11) is 0. The Morgan fingerprint density at radius 1 is 1.23 bits per heavy atom. The van der Waals surface area contributed by atoms with Crippen molar-refractivity contribution in [2.24, 2.45) is 5.73 Å². The molecule has 0 spiro atoms. The highest BCUT2D eigenvalue weighted by Crippen LogP contribution is 2.48. The van der Waals surface area contributed by atoms with Crippen molar-refractivity contribution >= 4 is 28.2 Å². The molecule has 26 heavy (non-hydrogen) atoms. The van der Waals surface area contributed by atoms with Crippen LogP contribution in [0, 0.1) is 5.82 Å². The third-order valence-electron chi connectivity index (χ3n) is 4.28. The number of benzene rings is 1. The van der Waals surface area contributed by atoms with Gasteiger partial charge in [0, 0.05) is 11.3 Å². The molecule has 0 aliphatic carbocycles. The van der Waals surface area contributed by atoms with Crippen LogP contribution in [-0.2, 0) is 16.8 Å². The number of primary amides is 1. The highest BCUT2D eigenvalue weighted by atomic mass is 32.1. The maximum atomic E-state index is 13.9. The van der Waals surface area contributed by atoms with E-state index in [4.69, 9.17) is 10.5 Å². The van der Waals surface area contributed by atoms with Crippen LogP contribution in [0.4, 0.5) is 9.39 Å². The first-order valence-corrected chi connectivity index (χ1v) is 9.05. The second-order valence-electron chi connectivity index (χ2n) is 7.46. The Morgan fingerprint density at radius 3 is 2.50 bits per heavy atom. The first-order chi connectivity index (χ1) is 12.0. The van der Waals surface area contributed by atoms with Crippen LogP contribution in [0.1, 0.15) is 58.9 Å². The smallest absolute Gasteiger partial charge is 0.259 e. The summed E-state index contributed by atoms with van der Waals surface area (Å²) in [6.07, 6.45) is 0.496. The van der Waals surface area contributed by atoms with Crippen molar-refractivity contribution in [3.63, 3.8) is 0 Å². The molecular weight excluding hydrogens is 355 g/mol. The number of hydrogen-bond donors (Lipinski definition) is 2. The Bertz CT molecular complexity index is 902. The number of rotatable bonds is 3. The Balaban J connectivity index is 2.07. The number of carbonyl (C=O) groups is 2. The van der Waals surface area contributed by atoms with E-state index in [1.54, 1.807) is 6.07 Å². The second-order valence-corrected chi connectivity index (χ2v) is 8.48. The van der Waals surface area contributed by atoms with Crippen molar-refractivity contribution in [3.05, 3.63) is 51.7 Å². The number of nitrogens with one attached hydrogen (secondary N) is 1. The third-order valence-corrected chi connectivity index (χ3v) is 5.73. The summed E-state index contributed by atoms with van der Waals surface area (Å²) in [6, 6.07) is 5.68. The van der Waals surface area contributed by atoms with Crippen LogP contribution in [0.25, 0.3) is 0 Å². The molecule has 2 heterocycles. The van der Waals surface area contributed by atoms with Gasteiger partial charge in [-0.05, 0) is 45.4 Å². The molecule has 5 nitrogen and oxygen atoms in total. The molecule has 2 amide bonds. The van der Waals surface area contributed by atoms with Crippen molar-refractivity contribution in [2.45, 2.75) is 45.3 Å². The van der Waals surface area contributed by atoms with Gasteiger partial charge in [-0.3, -0.25) is 9.59 Å². The van der Waals surface area contributed by atoms with E-state index in [-0.39, 0.29) is 11.1 Å². The number of ether oxygens (including phenoxy) is 1. The summed E-state index contributed by atoms with van der Waals surface area (Å²) in [5.74, 6) is -1.88. The molecule has 1 aromatic heterocycles. The summed E-state index contributed by atoms with van der Waals surface area (Å²) in [5.41, 5.74) is 5.47. The van der Waals surface area contributed by atoms with Crippen molar-refractivity contribution in [1.29, 1.82) is 0 Å². The lowest BCUT2D eigenvalue weighted by Gasteiger charge is -2.41. The van der Waals surface area contributed by atoms with Gasteiger partial charge >= 0.3 is 0 Å². The third kappa shape index (κ3) is 3.24. The largest absolute Gasteiger partial charge is 0.365 e. The lowest BCUT2D eigenvalue weighted by Crippen LogP contribution is -2.42. The summed E-state index contributed by atoms with van der Waals surface area (Å²) >= 11 is 1.25. The molecule has 1 aliphatic heterocycles. The van der Waals surface area contributed by atoms with Crippen LogP contribution in [0.3, 0.4) is 0 Å². The van der Waals surface area contributed by atoms with Crippen LogP contribution in [0.15, 0.2) is 24.3 Å². The van der Waals surface area contributed by atoms with Gasteiger partial charge in [0.05, 0.1) is 22.3 Å². The van der Waals surface area contributed by atoms with Crippen molar-refractivity contribution in [2.75, 3.05) is 5.32 Å². The maximum absolute atomic E-state index is 13.9. The van der Waals surface area contributed by atoms with Crippen molar-refractivity contribution in [3.8, 4) is 0 Å². The van der Waals surface area contributed by atoms with Crippen LogP contribution in [0.2, 0.25) is 0 Å². The van der Waals surface area contributed by atoms with Crippen LogP contribution < -0.4 is 11.1 Å². The number of nitrogens with two attached hydrogens (primary N) is 1. The fourth-order valence-corrected chi connectivity index (χ4v) is 4.74. The van der Waals surface area contributed by atoms with Gasteiger partial charge in [0.25, 0.3) is 11.8 Å². The zero-order valence-corrected chi connectivity index (χ0v) is 15.9. The van der Waals surface area contributed by atoms with Gasteiger partial charge in [-0.2, -0.15) is 0 Å². The number of anilines is 1. The summed E-state index contributed by atoms with van der Waals surface area (Å²) in [6.45, 7) is 7.71. The standard InChI is InChI=1S/C19H21FN2O3S/c1-18(2)9-11-13(15(21)23)17(26-14(11)19(3,4)25-18)22-16(24)10-7-5-6-8-12(10)20/h5-8H,9H2,1-4H3,(H2,21,23)(H,22,24). The fraction of sp³-hybridized carbons (Fsp3) is 0.368. The highest BCUT2D eigenvalue weighted by molar-refractivity contribution is 7.17. The summed E-state index contributed by atoms with van der Waals surface area (Å²) in [4.78, 5) is 25.5. The summed E-state index contributed by atoms with van der Waals surface area (Å²) in [5, 5.41) is 2.98. The van der Waals surface area contributed by atoms with E-state index >= 15 is 0 Å². The Hall–Kier alpha value is -2.25. The van der Waals surface area contributed by atoms with Gasteiger partial charge in [0.15, 0.2) is 0 Å². The molecule has 0 bridgehead atoms. The molecular formula is C19H21FN2O3S. The van der Waals surface area contributed by atoms with Gasteiger partial charge in [-0.1, -0.05) is 12.1 Å². The molecule has 1 aliphatic rings. The van der Waals surface area contributed by atoms with Gasteiger partial charge < -0.3 is 15.8 Å². The molecule has 0 saturated carbocycles. The molecule has 0 radical (unpaired) electrons. The Morgan fingerprint density at radius 2 is 1.88 bits per heavy atom. The Kier molecular flexibility index (Phi) is 4.40. The molecule has 3 rings (SSSR count). The number of hydrogen-bond acceptors (Lipinski definition) is 4. The first-order valence-electron chi connectivity index (χ1n) is 8.24. The quantitative estimate of drug-likeness (QED) is 0.854. The van der Waals surface area contributed by atoms with Crippen LogP contribution in [0.5, 0.6) is 0 Å². The average Bonchev–Trinajstić information content (AvgIpc) is 2.84. The molecule has 7 heteroatoms. The fourth-order valence-electron chi connectivity index (χ4n) is 3.48. The predicted molar refractivity (Wildman–Crippen MR) is 99.1 cm³/mol. The van der Waals surface area contributed by atoms with E-state index in [1.165, 1.54) is 29.5 Å². The molecule has 0 atom stereocenters. The highest BCUT2D eigenvalue weighted by Gasteiger charge is 2.42. The van der Waals surface area contributed by atoms with E-state index in [0.717, 1.165) is 10.4 Å². The number of thiophene rings is 1. The van der Waals surface area contributed by atoms with E-state index in [9.17, 15) is 14.0 Å². The lowest BCUT2D eigenvalue weighted by atomic mass is 9.86. The van der Waals surface area contributed by atoms with E-state index in [2.05, 4.69) is 5.32 Å². The van der Waals surface area contributed by atoms with Gasteiger partial charge in [0.1, 0.15) is 10.8 Å². The van der Waals surface area contributed by atoms with Gasteiger partial charge in [-0.15, -0.1) is 11.3 Å². The minimum atomic E-state index is -0.632. The van der Waals surface area contributed by atoms with Crippen LogP contribution >= 0.6 is 11.3 Å². The number of fused-ring (bicyclic) bond motifs is 1. The number of carbonyl (C=O) groups excluding carboxylic acids is 2. The zero-order chi connectivity index (χ0) is 19.3. The topological polar surface area (TPSA) is 81.4 Å². The first kappa shape index (κ1) is 18.5. The Labute approximate surface area is 155 Å². The SMILES string of the molecule is CC1(C)Cc2c(sc(NC(=O)c3ccccc3F)c2C(N)=O)C(C)(C)O1. The maximum Gasteiger partial charge on any atom is 0.259 e. The molecule has 138 valence electrons. The van der Waals surface area contributed by atoms with E-state index in [0.29, 0.717) is 11.4 Å². The lowest BCUT2D eigenvalue weighted by molar-refractivity contribution is -0.135. The zero-order valence-electron chi connectivity index (χ0n) is 15.1. The van der Waals surface area contributed by atoms with Crippen LogP contribution in [-0.4, -0.2) is 17.4 Å². The molecule has 0 unspecified atom stereocenters. The molecule has 2 aromatic rings. The monoisotopic (exact) mass is 376 g/mol. The van der Waals surface area contributed by atoms with E-state index < -0.39 is 28.8 Å². The van der Waals surface area contributed by atoms with Crippen molar-refractivity contribution < 1.29 is 18.7 Å². The molecule has 0 fully saturated rings. The molecule has 0 saturated heterocycles. The number of halogens is 1. The summed E-state index contributed by atoms with van der Waals surface area (Å²) < 4.78 is 20.0. The molecule has 3 N–H and O–H groups in total. The minimum absolute atomic E-state index is 0.0925. The minimum Gasteiger partial charge on any atom is -0.365 e. The van der Waals surface area contributed by atoms with Crippen molar-refractivity contribution in [1.82, 2.24) is 0 Å². The second kappa shape index (κ2) is 6.17.